The summed E-state index contributed by atoms with van der Waals surface area (Å²) in [4.78, 5) is 0. The molecular formula is C18H22NO+. The van der Waals surface area contributed by atoms with Gasteiger partial charge < -0.3 is 10.4 Å². The third kappa shape index (κ3) is 2.92. The molecule has 20 heavy (non-hydrogen) atoms. The molecule has 2 heteroatoms. The van der Waals surface area contributed by atoms with Gasteiger partial charge in [-0.1, -0.05) is 54.6 Å². The zero-order valence-electron chi connectivity index (χ0n) is 11.7. The lowest BCUT2D eigenvalue weighted by molar-refractivity contribution is -0.703. The lowest BCUT2D eigenvalue weighted by Gasteiger charge is -2.24. The molecule has 1 aliphatic rings. The normalized spacial score (nSPS) is 19.4. The number of nitrogens with two attached hydrogens (primary N) is 1. The summed E-state index contributed by atoms with van der Waals surface area (Å²) in [7, 11) is 0. The number of hydrogen-bond acceptors (Lipinski definition) is 1. The molecule has 0 radical (unpaired) electrons. The van der Waals surface area contributed by atoms with E-state index in [1.165, 1.54) is 30.4 Å². The zero-order chi connectivity index (χ0) is 13.8. The van der Waals surface area contributed by atoms with Crippen LogP contribution in [0.15, 0.2) is 54.6 Å². The summed E-state index contributed by atoms with van der Waals surface area (Å²) in [6.07, 6.45) is 3.27. The molecule has 2 aromatic carbocycles. The molecule has 0 saturated carbocycles. The number of hydrogen-bond donors (Lipinski definition) is 2. The molecule has 104 valence electrons. The fourth-order valence-electron chi connectivity index (χ4n) is 3.14. The smallest absolute Gasteiger partial charge is 0.128 e. The fraction of sp³-hybridized carbons (Fsp3) is 0.333. The Hall–Kier alpha value is -1.64. The molecule has 0 aromatic heterocycles. The Bertz CT molecular complexity index is 552. The molecule has 2 aromatic rings. The van der Waals surface area contributed by atoms with E-state index in [1.54, 1.807) is 0 Å². The molecule has 3 N–H and O–H groups in total. The first kappa shape index (κ1) is 13.3. The van der Waals surface area contributed by atoms with Gasteiger partial charge >= 0.3 is 0 Å². The van der Waals surface area contributed by atoms with Crippen LogP contribution < -0.4 is 5.32 Å². The van der Waals surface area contributed by atoms with E-state index in [4.69, 9.17) is 0 Å². The van der Waals surface area contributed by atoms with Crippen molar-refractivity contribution in [2.24, 2.45) is 0 Å². The maximum Gasteiger partial charge on any atom is 0.128 e. The average molecular weight is 268 g/mol. The van der Waals surface area contributed by atoms with Crippen LogP contribution in [0.5, 0.6) is 0 Å². The van der Waals surface area contributed by atoms with Gasteiger partial charge in [0.1, 0.15) is 18.7 Å². The molecule has 0 aliphatic heterocycles. The lowest BCUT2D eigenvalue weighted by Crippen LogP contribution is -2.86. The van der Waals surface area contributed by atoms with Gasteiger partial charge in [-0.05, 0) is 24.0 Å². The second-order valence-corrected chi connectivity index (χ2v) is 5.60. The summed E-state index contributed by atoms with van der Waals surface area (Å²) in [5, 5.41) is 12.6. The maximum atomic E-state index is 10.3. The number of rotatable bonds is 4. The van der Waals surface area contributed by atoms with Gasteiger partial charge in [-0.15, -0.1) is 0 Å². The molecule has 1 aliphatic carbocycles. The van der Waals surface area contributed by atoms with E-state index in [2.05, 4.69) is 29.6 Å². The minimum Gasteiger partial charge on any atom is -0.382 e. The van der Waals surface area contributed by atoms with Crippen LogP contribution in [0.2, 0.25) is 0 Å². The Balaban J connectivity index is 1.65. The Labute approximate surface area is 120 Å². The number of aliphatic hydroxyl groups excluding tert-OH is 1. The van der Waals surface area contributed by atoms with Crippen molar-refractivity contribution in [3.8, 4) is 0 Å². The standard InChI is InChI=1S/C18H21NO/c20-18(15-8-2-1-3-9-15)13-19-17-12-6-10-14-7-4-5-11-16(14)17/h1-5,7-9,11,17-20H,6,10,12-13H2/p+1/t17-,18-/m1/s1. The maximum absolute atomic E-state index is 10.3. The van der Waals surface area contributed by atoms with Gasteiger partial charge in [0.05, 0.1) is 0 Å². The van der Waals surface area contributed by atoms with E-state index in [0.717, 1.165) is 12.1 Å². The highest BCUT2D eigenvalue weighted by atomic mass is 16.3. The number of aryl methyl sites for hydroxylation is 1. The summed E-state index contributed by atoms with van der Waals surface area (Å²) in [5.41, 5.74) is 3.95. The predicted molar refractivity (Wildman–Crippen MR) is 80.3 cm³/mol. The van der Waals surface area contributed by atoms with E-state index in [9.17, 15) is 5.11 Å². The van der Waals surface area contributed by atoms with Crippen molar-refractivity contribution >= 4 is 0 Å². The van der Waals surface area contributed by atoms with E-state index >= 15 is 0 Å². The minimum absolute atomic E-state index is 0.384. The Morgan fingerprint density at radius 2 is 1.80 bits per heavy atom. The number of quaternary nitrogens is 1. The van der Waals surface area contributed by atoms with Crippen molar-refractivity contribution in [2.45, 2.75) is 31.4 Å². The summed E-state index contributed by atoms with van der Waals surface area (Å²) < 4.78 is 0. The van der Waals surface area contributed by atoms with Crippen molar-refractivity contribution in [3.05, 3.63) is 71.3 Å². The fourth-order valence-corrected chi connectivity index (χ4v) is 3.14. The summed E-state index contributed by atoms with van der Waals surface area (Å²) in [6.45, 7) is 0.725. The van der Waals surface area contributed by atoms with Crippen molar-refractivity contribution in [1.82, 2.24) is 0 Å². The van der Waals surface area contributed by atoms with Crippen molar-refractivity contribution in [2.75, 3.05) is 6.54 Å². The molecule has 2 nitrogen and oxygen atoms in total. The van der Waals surface area contributed by atoms with Gasteiger partial charge in [0.15, 0.2) is 0 Å². The van der Waals surface area contributed by atoms with E-state index < -0.39 is 0 Å². The molecular weight excluding hydrogens is 246 g/mol. The largest absolute Gasteiger partial charge is 0.382 e. The van der Waals surface area contributed by atoms with Crippen LogP contribution in [0, 0.1) is 0 Å². The lowest BCUT2D eigenvalue weighted by atomic mass is 9.87. The zero-order valence-corrected chi connectivity index (χ0v) is 11.7. The van der Waals surface area contributed by atoms with Crippen LogP contribution in [0.3, 0.4) is 0 Å². The van der Waals surface area contributed by atoms with Gasteiger partial charge in [-0.2, -0.15) is 0 Å². The minimum atomic E-state index is -0.384. The first-order chi connectivity index (χ1) is 9.84. The van der Waals surface area contributed by atoms with Gasteiger partial charge in [0.2, 0.25) is 0 Å². The molecule has 0 bridgehead atoms. The Morgan fingerprint density at radius 3 is 2.65 bits per heavy atom. The summed E-state index contributed by atoms with van der Waals surface area (Å²) in [6, 6.07) is 19.2. The van der Waals surface area contributed by atoms with Crippen molar-refractivity contribution < 1.29 is 10.4 Å². The molecule has 2 atom stereocenters. The molecule has 0 unspecified atom stereocenters. The summed E-state index contributed by atoms with van der Waals surface area (Å²) in [5.74, 6) is 0. The topological polar surface area (TPSA) is 36.8 Å². The molecule has 0 heterocycles. The molecule has 3 rings (SSSR count). The highest BCUT2D eigenvalue weighted by Crippen LogP contribution is 2.26. The second-order valence-electron chi connectivity index (χ2n) is 5.60. The molecule has 0 saturated heterocycles. The Morgan fingerprint density at radius 1 is 1.05 bits per heavy atom. The van der Waals surface area contributed by atoms with E-state index in [0.29, 0.717) is 6.04 Å². The van der Waals surface area contributed by atoms with Crippen LogP contribution in [-0.4, -0.2) is 11.7 Å². The molecule has 0 amide bonds. The van der Waals surface area contributed by atoms with Crippen molar-refractivity contribution in [1.29, 1.82) is 0 Å². The van der Waals surface area contributed by atoms with Crippen LogP contribution >= 0.6 is 0 Å². The third-order valence-corrected chi connectivity index (χ3v) is 4.24. The number of benzene rings is 2. The average Bonchev–Trinajstić information content (AvgIpc) is 2.53. The second kappa shape index (κ2) is 6.21. The number of aliphatic hydroxyl groups is 1. The highest BCUT2D eigenvalue weighted by molar-refractivity contribution is 5.30. The first-order valence-corrected chi connectivity index (χ1v) is 7.49. The predicted octanol–water partition coefficient (Wildman–Crippen LogP) is 2.36. The van der Waals surface area contributed by atoms with Crippen LogP contribution in [0.1, 0.15) is 41.7 Å². The van der Waals surface area contributed by atoms with Gasteiger partial charge in [-0.3, -0.25) is 0 Å². The van der Waals surface area contributed by atoms with Crippen LogP contribution in [0.4, 0.5) is 0 Å². The highest BCUT2D eigenvalue weighted by Gasteiger charge is 2.23. The van der Waals surface area contributed by atoms with Gasteiger partial charge in [0, 0.05) is 12.0 Å². The SMILES string of the molecule is O[C@H](C[NH2+][C@@H]1CCCc2ccccc21)c1ccccc1. The first-order valence-electron chi connectivity index (χ1n) is 7.49. The monoisotopic (exact) mass is 268 g/mol. The van der Waals surface area contributed by atoms with Gasteiger partial charge in [0.25, 0.3) is 0 Å². The van der Waals surface area contributed by atoms with E-state index in [-0.39, 0.29) is 6.10 Å². The van der Waals surface area contributed by atoms with E-state index in [1.807, 2.05) is 30.3 Å². The van der Waals surface area contributed by atoms with Crippen molar-refractivity contribution in [3.63, 3.8) is 0 Å². The van der Waals surface area contributed by atoms with Crippen LogP contribution in [0.25, 0.3) is 0 Å². The van der Waals surface area contributed by atoms with Crippen LogP contribution in [-0.2, 0) is 6.42 Å². The molecule has 0 spiro atoms. The third-order valence-electron chi connectivity index (χ3n) is 4.24. The quantitative estimate of drug-likeness (QED) is 0.877. The number of fused-ring (bicyclic) bond motifs is 1. The molecule has 0 fully saturated rings. The summed E-state index contributed by atoms with van der Waals surface area (Å²) >= 11 is 0. The van der Waals surface area contributed by atoms with Gasteiger partial charge in [-0.25, -0.2) is 0 Å². The Kier molecular flexibility index (Phi) is 4.14.